The Labute approximate surface area is 48.4 Å². The van der Waals surface area contributed by atoms with Crippen molar-refractivity contribution in [2.75, 3.05) is 13.6 Å². The zero-order valence-corrected chi connectivity index (χ0v) is 5.02. The summed E-state index contributed by atoms with van der Waals surface area (Å²) in [5, 5.41) is 0. The smallest absolute Gasteiger partial charge is 0 e. The van der Waals surface area contributed by atoms with Gasteiger partial charge in [0.2, 0.25) is 0 Å². The van der Waals surface area contributed by atoms with Gasteiger partial charge in [-0.1, -0.05) is 6.92 Å². The third-order valence-corrected chi connectivity index (χ3v) is 0. The molecule has 0 aliphatic heterocycles. The highest BCUT2D eigenvalue weighted by Gasteiger charge is 1.32. The second kappa shape index (κ2) is 140. The molecule has 0 unspecified atom stereocenters. The highest BCUT2D eigenvalue weighted by Crippen LogP contribution is 1.20. The van der Waals surface area contributed by atoms with Gasteiger partial charge >= 0.3 is 0 Å². The van der Waals surface area contributed by atoms with Gasteiger partial charge in [0.05, 0.1) is 0 Å². The van der Waals surface area contributed by atoms with Crippen LogP contribution in [0, 0.1) is 0 Å². The molecule has 7 heavy (non-hydrogen) atoms. The molecule has 0 aromatic rings. The van der Waals surface area contributed by atoms with E-state index in [0.717, 1.165) is 6.54 Å². The average molecular weight is 97.8 g/mol. The summed E-state index contributed by atoms with van der Waals surface area (Å²) in [5.41, 5.74) is 9.35. The summed E-state index contributed by atoms with van der Waals surface area (Å²) in [6.45, 7) is 2.65. The van der Waals surface area contributed by atoms with Crippen LogP contribution < -0.4 is 11.5 Å². The molecule has 0 fully saturated rings. The van der Waals surface area contributed by atoms with Crippen molar-refractivity contribution in [2.45, 2.75) is 6.92 Å². The lowest BCUT2D eigenvalue weighted by Crippen LogP contribution is -1.87. The van der Waals surface area contributed by atoms with Crippen LogP contribution in [0.5, 0.6) is 0 Å². The zero-order valence-electron chi connectivity index (χ0n) is 5.02. The van der Waals surface area contributed by atoms with Crippen LogP contribution in [0.2, 0.25) is 0 Å². The molecule has 0 saturated carbocycles. The predicted molar refractivity (Wildman–Crippen MR) is 36.3 cm³/mol. The van der Waals surface area contributed by atoms with Crippen molar-refractivity contribution in [3.8, 4) is 0 Å². The van der Waals surface area contributed by atoms with Crippen LogP contribution in [-0.4, -0.2) is 29.1 Å². The Morgan fingerprint density at radius 3 is 1.29 bits per heavy atom. The average Bonchev–Trinajstić information content (AvgIpc) is 1.78. The van der Waals surface area contributed by atoms with Gasteiger partial charge in [-0.2, -0.15) is 0 Å². The Morgan fingerprint density at radius 2 is 1.29 bits per heavy atom. The van der Waals surface area contributed by atoms with Crippen molar-refractivity contribution in [3.63, 3.8) is 0 Å². The normalized spacial score (nSPS) is 4.00. The maximum atomic E-state index is 4.85. The highest BCUT2D eigenvalue weighted by molar-refractivity contribution is 6.75. The Bertz CT molecular complexity index is 10.9. The molecular formula is C3H12B2N2. The molecule has 0 heterocycles. The van der Waals surface area contributed by atoms with E-state index in [-0.39, 0.29) is 0 Å². The molecule has 0 rings (SSSR count). The Kier molecular flexibility index (Phi) is 315. The van der Waals surface area contributed by atoms with E-state index in [1.807, 2.05) is 6.92 Å². The number of rotatable bonds is 0. The van der Waals surface area contributed by atoms with Crippen LogP contribution in [0.3, 0.4) is 0 Å². The summed E-state index contributed by atoms with van der Waals surface area (Å²) in [4.78, 5) is 0. The van der Waals surface area contributed by atoms with Crippen molar-refractivity contribution >= 4 is 15.5 Å². The molecule has 0 aromatic heterocycles. The molecular weight excluding hydrogens is 85.7 g/mol. The lowest BCUT2D eigenvalue weighted by atomic mass is 9.81. The summed E-state index contributed by atoms with van der Waals surface area (Å²) in [6, 6.07) is 0. The van der Waals surface area contributed by atoms with Crippen LogP contribution in [0.15, 0.2) is 0 Å². The van der Waals surface area contributed by atoms with Crippen molar-refractivity contribution < 1.29 is 0 Å². The molecule has 0 saturated heterocycles. The minimum atomic E-state index is 0.750. The zero-order chi connectivity index (χ0) is 6.71. The van der Waals surface area contributed by atoms with Crippen LogP contribution in [0.25, 0.3) is 0 Å². The third kappa shape index (κ3) is 39900. The molecule has 0 aliphatic rings. The lowest BCUT2D eigenvalue weighted by molar-refractivity contribution is 1.14. The van der Waals surface area contributed by atoms with E-state index in [1.165, 1.54) is 7.05 Å². The van der Waals surface area contributed by atoms with Crippen molar-refractivity contribution in [1.29, 1.82) is 0 Å². The largest absolute Gasteiger partial charge is 0.333 e. The molecule has 40 valence electrons. The quantitative estimate of drug-likeness (QED) is 0.373. The first-order valence-electron chi connectivity index (χ1n) is 2.03. The first-order chi connectivity index (χ1) is 3.41. The summed E-state index contributed by atoms with van der Waals surface area (Å²) >= 11 is 0. The maximum absolute atomic E-state index is 4.85. The molecule has 0 amide bonds. The summed E-state index contributed by atoms with van der Waals surface area (Å²) in [7, 11) is 9.50. The summed E-state index contributed by atoms with van der Waals surface area (Å²) < 4.78 is 0. The van der Waals surface area contributed by atoms with E-state index in [2.05, 4.69) is 21.2 Å². The summed E-state index contributed by atoms with van der Waals surface area (Å²) in [5.74, 6) is 0. The fourth-order valence-electron chi connectivity index (χ4n) is 0. The van der Waals surface area contributed by atoms with Gasteiger partial charge in [-0.05, 0) is 13.6 Å². The van der Waals surface area contributed by atoms with Gasteiger partial charge in [-0.3, -0.25) is 0 Å². The monoisotopic (exact) mass is 98.1 g/mol. The Balaban J connectivity index is -0.0000000360. The van der Waals surface area contributed by atoms with Crippen LogP contribution in [0.4, 0.5) is 0 Å². The molecule has 2 nitrogen and oxygen atoms in total. The lowest BCUT2D eigenvalue weighted by Gasteiger charge is -1.53. The molecule has 0 aliphatic carbocycles. The molecule has 4 N–H and O–H groups in total. The minimum Gasteiger partial charge on any atom is -0.333 e. The van der Waals surface area contributed by atoms with Crippen molar-refractivity contribution in [3.05, 3.63) is 0 Å². The third-order valence-electron chi connectivity index (χ3n) is 0. The van der Waals surface area contributed by atoms with E-state index in [4.69, 9.17) is 5.73 Å². The molecule has 0 aromatic carbocycles. The van der Waals surface area contributed by atoms with Gasteiger partial charge in [-0.25, -0.2) is 0 Å². The number of hydrogen-bond donors (Lipinski definition) is 2. The maximum Gasteiger partial charge on any atom is 0 e. The minimum absolute atomic E-state index is 0.750. The number of hydrogen-bond acceptors (Lipinski definition) is 2. The van der Waals surface area contributed by atoms with Crippen LogP contribution in [-0.2, 0) is 0 Å². The molecule has 4 heteroatoms. The SMILES string of the molecule is CCN.CN.[B][B]. The van der Waals surface area contributed by atoms with E-state index in [9.17, 15) is 0 Å². The Hall–Kier alpha value is 0.0499. The van der Waals surface area contributed by atoms with E-state index < -0.39 is 0 Å². The fraction of sp³-hybridized carbons (Fsp3) is 1.00. The highest BCUT2D eigenvalue weighted by atomic mass is 14.5. The Morgan fingerprint density at radius 1 is 1.29 bits per heavy atom. The van der Waals surface area contributed by atoms with E-state index in [1.54, 1.807) is 0 Å². The molecule has 4 radical (unpaired) electrons. The predicted octanol–water partition coefficient (Wildman–Crippen LogP) is -1.22. The fourth-order valence-corrected chi connectivity index (χ4v) is 0. The van der Waals surface area contributed by atoms with Gasteiger partial charge in [0.1, 0.15) is 0 Å². The second-order valence-electron chi connectivity index (χ2n) is 0.408. The van der Waals surface area contributed by atoms with E-state index >= 15 is 0 Å². The second-order valence-corrected chi connectivity index (χ2v) is 0.408. The molecule has 0 bridgehead atoms. The standard InChI is InChI=1S/C2H7N.CH5N.B2/c1-2-3;2*1-2/h2-3H2,1H3;2H2,1H3;. The number of nitrogens with two attached hydrogens (primary N) is 2. The van der Waals surface area contributed by atoms with Crippen LogP contribution in [0.1, 0.15) is 6.92 Å². The summed E-state index contributed by atoms with van der Waals surface area (Å²) in [6.07, 6.45) is 0. The topological polar surface area (TPSA) is 52.0 Å². The molecule has 0 atom stereocenters. The van der Waals surface area contributed by atoms with Gasteiger partial charge in [0.25, 0.3) is 0 Å². The van der Waals surface area contributed by atoms with Crippen molar-refractivity contribution in [2.24, 2.45) is 11.5 Å². The van der Waals surface area contributed by atoms with Gasteiger partial charge in [-0.15, -0.1) is 0 Å². The van der Waals surface area contributed by atoms with Crippen LogP contribution >= 0.6 is 0 Å². The first kappa shape index (κ1) is 15.7. The van der Waals surface area contributed by atoms with Gasteiger partial charge in [0.15, 0.2) is 0 Å². The van der Waals surface area contributed by atoms with Gasteiger partial charge in [0, 0.05) is 15.5 Å². The van der Waals surface area contributed by atoms with E-state index in [0.29, 0.717) is 0 Å². The van der Waals surface area contributed by atoms with Crippen molar-refractivity contribution in [1.82, 2.24) is 0 Å². The van der Waals surface area contributed by atoms with Gasteiger partial charge < -0.3 is 11.5 Å². The molecule has 0 spiro atoms. The first-order valence-corrected chi connectivity index (χ1v) is 2.03.